The highest BCUT2D eigenvalue weighted by Crippen LogP contribution is 2.32. The molecule has 5 rings (SSSR count). The van der Waals surface area contributed by atoms with Gasteiger partial charge in [-0.25, -0.2) is 12.8 Å². The molecule has 1 atom stereocenters. The molecule has 1 saturated heterocycles. The fourth-order valence-electron chi connectivity index (χ4n) is 4.29. The number of piperazine rings is 1. The van der Waals surface area contributed by atoms with E-state index in [9.17, 15) is 13.2 Å². The molecule has 1 aromatic heterocycles. The minimum absolute atomic E-state index is 0.0395. The highest BCUT2D eigenvalue weighted by Gasteiger charge is 2.46. The minimum atomic E-state index is -3.71. The van der Waals surface area contributed by atoms with E-state index in [2.05, 4.69) is 14.9 Å². The molecular formula is C23H22ClFN4O3S. The van der Waals surface area contributed by atoms with Crippen LogP contribution < -0.4 is 0 Å². The first kappa shape index (κ1) is 22.2. The van der Waals surface area contributed by atoms with E-state index in [4.69, 9.17) is 11.6 Å². The molecule has 0 aliphatic carbocycles. The molecule has 10 heteroatoms. The summed E-state index contributed by atoms with van der Waals surface area (Å²) < 4.78 is 42.8. The van der Waals surface area contributed by atoms with E-state index in [0.717, 1.165) is 11.1 Å². The predicted molar refractivity (Wildman–Crippen MR) is 126 cm³/mol. The number of aliphatic imine (C=N–C) groups is 1. The van der Waals surface area contributed by atoms with Crippen molar-refractivity contribution >= 4 is 44.0 Å². The summed E-state index contributed by atoms with van der Waals surface area (Å²) >= 11 is 6.16. The first-order chi connectivity index (χ1) is 15.7. The number of H-pyrrole nitrogens is 1. The van der Waals surface area contributed by atoms with Crippen molar-refractivity contribution in [3.63, 3.8) is 0 Å². The van der Waals surface area contributed by atoms with Crippen LogP contribution in [0.15, 0.2) is 41.5 Å². The summed E-state index contributed by atoms with van der Waals surface area (Å²) in [5.41, 5.74) is 1.97. The van der Waals surface area contributed by atoms with Gasteiger partial charge in [0.05, 0.1) is 11.3 Å². The number of ketones is 1. The van der Waals surface area contributed by atoms with Gasteiger partial charge in [0.1, 0.15) is 5.82 Å². The molecule has 33 heavy (non-hydrogen) atoms. The molecule has 2 aliphatic rings. The molecule has 0 amide bonds. The maximum Gasteiger partial charge on any atom is 0.243 e. The van der Waals surface area contributed by atoms with Crippen molar-refractivity contribution in [1.82, 2.24) is 14.2 Å². The SMILES string of the molecule is Cc1cc(Cl)cc2c(C(=O)c3cccc(C4=NC4S(=O)(=O)N4CCN(C)CC4)c3F)c[nH]c12. The van der Waals surface area contributed by atoms with E-state index in [-0.39, 0.29) is 16.8 Å². The Morgan fingerprint density at radius 2 is 1.91 bits per heavy atom. The number of nitrogens with one attached hydrogen (secondary N) is 1. The highest BCUT2D eigenvalue weighted by atomic mass is 35.5. The smallest absolute Gasteiger partial charge is 0.243 e. The van der Waals surface area contributed by atoms with Crippen LogP contribution in [0.5, 0.6) is 0 Å². The van der Waals surface area contributed by atoms with Crippen LogP contribution in [0.3, 0.4) is 0 Å². The van der Waals surface area contributed by atoms with E-state index in [1.165, 1.54) is 22.6 Å². The van der Waals surface area contributed by atoms with Gasteiger partial charge < -0.3 is 9.88 Å². The van der Waals surface area contributed by atoms with E-state index >= 15 is 4.39 Å². The van der Waals surface area contributed by atoms with E-state index in [0.29, 0.717) is 42.2 Å². The van der Waals surface area contributed by atoms with Crippen molar-refractivity contribution in [3.8, 4) is 0 Å². The Hall–Kier alpha value is -2.59. The molecule has 3 heterocycles. The summed E-state index contributed by atoms with van der Waals surface area (Å²) in [5.74, 6) is -1.28. The van der Waals surface area contributed by atoms with Gasteiger partial charge in [-0.3, -0.25) is 9.79 Å². The summed E-state index contributed by atoms with van der Waals surface area (Å²) in [6.07, 6.45) is 1.54. The third-order valence-electron chi connectivity index (χ3n) is 6.24. The number of nitrogens with zero attached hydrogens (tertiary/aromatic N) is 3. The van der Waals surface area contributed by atoms with Gasteiger partial charge in [-0.05, 0) is 37.7 Å². The zero-order chi connectivity index (χ0) is 23.5. The third kappa shape index (κ3) is 3.78. The number of benzene rings is 2. The molecule has 7 nitrogen and oxygen atoms in total. The number of halogens is 2. The third-order valence-corrected chi connectivity index (χ3v) is 8.44. The van der Waals surface area contributed by atoms with Crippen molar-refractivity contribution in [1.29, 1.82) is 0 Å². The van der Waals surface area contributed by atoms with Gasteiger partial charge in [-0.15, -0.1) is 0 Å². The lowest BCUT2D eigenvalue weighted by Gasteiger charge is -2.31. The van der Waals surface area contributed by atoms with Crippen molar-refractivity contribution in [2.75, 3.05) is 33.2 Å². The molecule has 1 unspecified atom stereocenters. The second-order valence-corrected chi connectivity index (χ2v) is 10.9. The second-order valence-electron chi connectivity index (χ2n) is 8.46. The lowest BCUT2D eigenvalue weighted by atomic mass is 9.98. The molecule has 1 fully saturated rings. The fraction of sp³-hybridized carbons (Fsp3) is 0.304. The number of hydrogen-bond acceptors (Lipinski definition) is 5. The zero-order valence-electron chi connectivity index (χ0n) is 18.1. The normalized spacial score (nSPS) is 19.6. The number of aryl methyl sites for hydroxylation is 1. The lowest BCUT2D eigenvalue weighted by molar-refractivity contribution is 0.103. The topological polar surface area (TPSA) is 85.8 Å². The van der Waals surface area contributed by atoms with Crippen molar-refractivity contribution in [2.45, 2.75) is 12.3 Å². The molecular weight excluding hydrogens is 467 g/mol. The molecule has 172 valence electrons. The predicted octanol–water partition coefficient (Wildman–Crippen LogP) is 3.21. The molecule has 3 aromatic rings. The number of carbonyl (C=O) groups excluding carboxylic acids is 1. The van der Waals surface area contributed by atoms with Gasteiger partial charge in [0.2, 0.25) is 15.4 Å². The largest absolute Gasteiger partial charge is 0.360 e. The van der Waals surface area contributed by atoms with Crippen LogP contribution >= 0.6 is 11.6 Å². The Morgan fingerprint density at radius 1 is 1.18 bits per heavy atom. The zero-order valence-corrected chi connectivity index (χ0v) is 19.7. The highest BCUT2D eigenvalue weighted by molar-refractivity contribution is 7.91. The number of sulfonamides is 1. The number of likely N-dealkylation sites (N-methyl/N-ethyl adjacent to an activating group) is 1. The van der Waals surface area contributed by atoms with Gasteiger partial charge in [-0.1, -0.05) is 23.7 Å². The molecule has 0 spiro atoms. The van der Waals surface area contributed by atoms with Gasteiger partial charge in [0.25, 0.3) is 0 Å². The van der Waals surface area contributed by atoms with Crippen LogP contribution in [-0.2, 0) is 10.0 Å². The van der Waals surface area contributed by atoms with Crippen LogP contribution in [-0.4, -0.2) is 72.7 Å². The number of carbonyl (C=O) groups is 1. The number of hydrogen-bond donors (Lipinski definition) is 1. The fourth-order valence-corrected chi connectivity index (χ4v) is 6.17. The van der Waals surface area contributed by atoms with Crippen molar-refractivity contribution < 1.29 is 17.6 Å². The summed E-state index contributed by atoms with van der Waals surface area (Å²) in [6, 6.07) is 7.84. The van der Waals surface area contributed by atoms with Gasteiger partial charge >= 0.3 is 0 Å². The summed E-state index contributed by atoms with van der Waals surface area (Å²) in [4.78, 5) is 22.4. The first-order valence-electron chi connectivity index (χ1n) is 10.5. The van der Waals surface area contributed by atoms with Crippen molar-refractivity contribution in [2.24, 2.45) is 4.99 Å². The van der Waals surface area contributed by atoms with Crippen LogP contribution in [0.1, 0.15) is 27.0 Å². The van der Waals surface area contributed by atoms with E-state index < -0.39 is 27.0 Å². The summed E-state index contributed by atoms with van der Waals surface area (Å²) in [5, 5.41) is -0.0171. The Bertz CT molecular complexity index is 1420. The standard InChI is InChI=1S/C23H22ClFN4O3S/c1-13-10-14(24)11-17-18(12-26-20(13)17)22(30)16-5-3-4-15(19(16)25)21-23(27-21)33(31,32)29-8-6-28(2)7-9-29/h3-5,10-12,23,26H,6-9H2,1-2H3. The van der Waals surface area contributed by atoms with Crippen molar-refractivity contribution in [3.05, 3.63) is 69.6 Å². The average molecular weight is 489 g/mol. The Morgan fingerprint density at radius 3 is 2.64 bits per heavy atom. The minimum Gasteiger partial charge on any atom is -0.360 e. The summed E-state index contributed by atoms with van der Waals surface area (Å²) in [6.45, 7) is 3.89. The maximum absolute atomic E-state index is 15.5. The first-order valence-corrected chi connectivity index (χ1v) is 12.4. The monoisotopic (exact) mass is 488 g/mol. The number of fused-ring (bicyclic) bond motifs is 1. The quantitative estimate of drug-likeness (QED) is 0.559. The van der Waals surface area contributed by atoms with Crippen LogP contribution in [0.25, 0.3) is 10.9 Å². The number of aromatic amines is 1. The van der Waals surface area contributed by atoms with Crippen LogP contribution in [0, 0.1) is 12.7 Å². The number of aromatic nitrogens is 1. The Balaban J connectivity index is 1.44. The molecule has 2 aliphatic heterocycles. The van der Waals surface area contributed by atoms with Gasteiger partial charge in [0.15, 0.2) is 5.78 Å². The summed E-state index contributed by atoms with van der Waals surface area (Å²) in [7, 11) is -1.77. The Kier molecular flexibility index (Phi) is 5.40. The molecule has 0 radical (unpaired) electrons. The molecule has 0 bridgehead atoms. The lowest BCUT2D eigenvalue weighted by Crippen LogP contribution is -2.48. The van der Waals surface area contributed by atoms with E-state index in [1.807, 2.05) is 14.0 Å². The maximum atomic E-state index is 15.5. The molecule has 1 N–H and O–H groups in total. The Labute approximate surface area is 195 Å². The molecule has 0 saturated carbocycles. The average Bonchev–Trinajstić information content (AvgIpc) is 3.47. The molecule has 2 aromatic carbocycles. The number of rotatable bonds is 5. The second kappa shape index (κ2) is 8.02. The van der Waals surface area contributed by atoms with Gasteiger partial charge in [0, 0.05) is 59.4 Å². The van der Waals surface area contributed by atoms with Crippen LogP contribution in [0.2, 0.25) is 5.02 Å². The van der Waals surface area contributed by atoms with Gasteiger partial charge in [-0.2, -0.15) is 4.31 Å². The van der Waals surface area contributed by atoms with E-state index in [1.54, 1.807) is 18.2 Å². The van der Waals surface area contributed by atoms with Crippen LogP contribution in [0.4, 0.5) is 4.39 Å².